The maximum absolute atomic E-state index is 12.4. The number of fused-ring (bicyclic) bond motifs is 3. The van der Waals surface area contributed by atoms with E-state index in [1.54, 1.807) is 0 Å². The van der Waals surface area contributed by atoms with Gasteiger partial charge in [-0.2, -0.15) is 0 Å². The molecule has 0 aromatic heterocycles. The zero-order chi connectivity index (χ0) is 15.7. The lowest BCUT2D eigenvalue weighted by Gasteiger charge is -2.45. The number of ether oxygens (including phenoxy) is 3. The van der Waals surface area contributed by atoms with Crippen LogP contribution in [0.25, 0.3) is 0 Å². The fraction of sp³-hybridized carbons (Fsp3) is 0.778. The van der Waals surface area contributed by atoms with E-state index in [2.05, 4.69) is 0 Å². The standard InChI is InChI=1S/C18H20O5/c1-21-15(19)13-11-6-12(14(13)16(20)22-2)18-10-4-3-9(7-5-8(7)10)17(11,18)23-18/h7-12H,3-6H2,1-2H3/t7-,8-,9-,10-,11+,12+,17-,18-/m0/s1. The predicted molar refractivity (Wildman–Crippen MR) is 77.0 cm³/mol. The first-order valence-electron chi connectivity index (χ1n) is 8.72. The number of hydrogen-bond donors (Lipinski definition) is 0. The number of carbonyl (C=O) groups excluding carboxylic acids is 2. The van der Waals surface area contributed by atoms with Crippen molar-refractivity contribution in [1.82, 2.24) is 0 Å². The number of methoxy groups -OCH3 is 2. The third-order valence-electron chi connectivity index (χ3n) is 8.03. The van der Waals surface area contributed by atoms with E-state index in [9.17, 15) is 9.59 Å². The molecule has 8 atom stereocenters. The maximum Gasteiger partial charge on any atom is 0.334 e. The average Bonchev–Trinajstić information content (AvgIpc) is 3.46. The first kappa shape index (κ1) is 13.0. The molecule has 23 heavy (non-hydrogen) atoms. The number of hydrogen-bond acceptors (Lipinski definition) is 5. The highest BCUT2D eigenvalue weighted by molar-refractivity contribution is 6.03. The smallest absolute Gasteiger partial charge is 0.334 e. The van der Waals surface area contributed by atoms with Crippen LogP contribution >= 0.6 is 0 Å². The Kier molecular flexibility index (Phi) is 1.98. The molecule has 5 saturated carbocycles. The predicted octanol–water partition coefficient (Wildman–Crippen LogP) is 1.46. The van der Waals surface area contributed by atoms with Gasteiger partial charge < -0.3 is 14.2 Å². The van der Waals surface area contributed by atoms with E-state index in [0.717, 1.165) is 18.3 Å². The summed E-state index contributed by atoms with van der Waals surface area (Å²) in [5, 5.41) is 0. The number of rotatable bonds is 2. The summed E-state index contributed by atoms with van der Waals surface area (Å²) in [6.45, 7) is 0. The number of esters is 2. The third kappa shape index (κ3) is 1.05. The molecule has 0 amide bonds. The van der Waals surface area contributed by atoms with Gasteiger partial charge in [0.15, 0.2) is 0 Å². The quantitative estimate of drug-likeness (QED) is 0.570. The summed E-state index contributed by atoms with van der Waals surface area (Å²) in [7, 11) is 2.78. The summed E-state index contributed by atoms with van der Waals surface area (Å²) in [5.41, 5.74) is 0.780. The lowest BCUT2D eigenvalue weighted by molar-refractivity contribution is -0.140. The second kappa shape index (κ2) is 3.51. The van der Waals surface area contributed by atoms with Crippen LogP contribution in [0.5, 0.6) is 0 Å². The van der Waals surface area contributed by atoms with Crippen LogP contribution in [-0.4, -0.2) is 37.4 Å². The second-order valence-electron chi connectivity index (χ2n) is 8.19. The van der Waals surface area contributed by atoms with E-state index in [1.165, 1.54) is 33.5 Å². The molecule has 0 aromatic carbocycles. The van der Waals surface area contributed by atoms with Gasteiger partial charge in [0, 0.05) is 11.8 Å². The van der Waals surface area contributed by atoms with Gasteiger partial charge in [0.25, 0.3) is 0 Å². The van der Waals surface area contributed by atoms with E-state index >= 15 is 0 Å². The van der Waals surface area contributed by atoms with Crippen LogP contribution in [0, 0.1) is 35.5 Å². The Morgan fingerprint density at radius 2 is 1.39 bits per heavy atom. The molecule has 122 valence electrons. The molecule has 7 aliphatic rings. The molecule has 4 bridgehead atoms. The Hall–Kier alpha value is -1.36. The van der Waals surface area contributed by atoms with E-state index in [4.69, 9.17) is 14.2 Å². The Balaban J connectivity index is 1.55. The van der Waals surface area contributed by atoms with Crippen LogP contribution < -0.4 is 0 Å². The summed E-state index contributed by atoms with van der Waals surface area (Å²) < 4.78 is 16.6. The van der Waals surface area contributed by atoms with Crippen molar-refractivity contribution in [2.75, 3.05) is 14.2 Å². The molecule has 1 saturated heterocycles. The molecule has 0 unspecified atom stereocenters. The molecular weight excluding hydrogens is 296 g/mol. The first-order chi connectivity index (χ1) is 11.1. The minimum Gasteiger partial charge on any atom is -0.466 e. The van der Waals surface area contributed by atoms with E-state index in [-0.39, 0.29) is 35.0 Å². The summed E-state index contributed by atoms with van der Waals surface area (Å²) in [5.74, 6) is 2.06. The maximum atomic E-state index is 12.4. The molecular formula is C18H20O5. The van der Waals surface area contributed by atoms with Crippen molar-refractivity contribution in [2.45, 2.75) is 36.9 Å². The fourth-order valence-corrected chi connectivity index (χ4v) is 7.55. The Morgan fingerprint density at radius 3 is 1.83 bits per heavy atom. The summed E-state index contributed by atoms with van der Waals surface area (Å²) in [6.07, 6.45) is 4.63. The Bertz CT molecular complexity index is 654. The minimum absolute atomic E-state index is 0.0309. The molecule has 0 spiro atoms. The van der Waals surface area contributed by atoms with Crippen LogP contribution in [0.1, 0.15) is 25.7 Å². The van der Waals surface area contributed by atoms with Gasteiger partial charge in [-0.15, -0.1) is 0 Å². The van der Waals surface area contributed by atoms with Crippen LogP contribution in [0.2, 0.25) is 0 Å². The third-order valence-corrected chi connectivity index (χ3v) is 8.03. The highest BCUT2D eigenvalue weighted by Gasteiger charge is 2.94. The molecule has 7 rings (SSSR count). The van der Waals surface area contributed by atoms with Crippen LogP contribution in [0.3, 0.4) is 0 Å². The van der Waals surface area contributed by atoms with Crippen molar-refractivity contribution < 1.29 is 23.8 Å². The molecule has 5 heteroatoms. The van der Waals surface area contributed by atoms with Crippen molar-refractivity contribution in [3.63, 3.8) is 0 Å². The summed E-state index contributed by atoms with van der Waals surface area (Å²) in [4.78, 5) is 24.8. The van der Waals surface area contributed by atoms with Crippen molar-refractivity contribution in [3.05, 3.63) is 11.1 Å². The topological polar surface area (TPSA) is 65.1 Å². The van der Waals surface area contributed by atoms with Gasteiger partial charge in [-0.3, -0.25) is 0 Å². The number of carbonyl (C=O) groups is 2. The molecule has 0 N–H and O–H groups in total. The molecule has 1 aliphatic heterocycles. The highest BCUT2D eigenvalue weighted by atomic mass is 16.6. The van der Waals surface area contributed by atoms with Crippen LogP contribution in [0.15, 0.2) is 11.1 Å². The van der Waals surface area contributed by atoms with E-state index in [1.807, 2.05) is 0 Å². The van der Waals surface area contributed by atoms with Gasteiger partial charge in [0.05, 0.1) is 25.4 Å². The molecule has 1 heterocycles. The molecule has 0 radical (unpaired) electrons. The largest absolute Gasteiger partial charge is 0.466 e. The lowest BCUT2D eigenvalue weighted by Crippen LogP contribution is -2.54. The van der Waals surface area contributed by atoms with E-state index < -0.39 is 0 Å². The van der Waals surface area contributed by atoms with Gasteiger partial charge in [0.2, 0.25) is 0 Å². The van der Waals surface area contributed by atoms with Gasteiger partial charge >= 0.3 is 11.9 Å². The van der Waals surface area contributed by atoms with Crippen molar-refractivity contribution in [2.24, 2.45) is 35.5 Å². The highest BCUT2D eigenvalue weighted by Crippen LogP contribution is 2.87. The summed E-state index contributed by atoms with van der Waals surface area (Å²) in [6, 6.07) is 0. The molecule has 5 nitrogen and oxygen atoms in total. The zero-order valence-electron chi connectivity index (χ0n) is 13.3. The normalized spacial score (nSPS) is 55.9. The fourth-order valence-electron chi connectivity index (χ4n) is 7.55. The first-order valence-corrected chi connectivity index (χ1v) is 8.72. The lowest BCUT2D eigenvalue weighted by atomic mass is 9.54. The SMILES string of the molecule is COC(=O)C1=C(C(=O)OC)[C@H]2C[C@H]1[C@]13O[C@@]21[C@H]1CC[C@H]3[C@H]2C[C@@H]21. The minimum atomic E-state index is -0.370. The molecule has 6 aliphatic carbocycles. The van der Waals surface area contributed by atoms with Gasteiger partial charge in [-0.05, 0) is 49.4 Å². The van der Waals surface area contributed by atoms with Gasteiger partial charge in [0.1, 0.15) is 11.2 Å². The second-order valence-corrected chi connectivity index (χ2v) is 8.19. The van der Waals surface area contributed by atoms with Crippen LogP contribution in [-0.2, 0) is 23.8 Å². The van der Waals surface area contributed by atoms with Gasteiger partial charge in [-0.25, -0.2) is 9.59 Å². The van der Waals surface area contributed by atoms with E-state index in [0.29, 0.717) is 23.0 Å². The Morgan fingerprint density at radius 1 is 0.913 bits per heavy atom. The van der Waals surface area contributed by atoms with Crippen molar-refractivity contribution >= 4 is 11.9 Å². The Labute approximate surface area is 134 Å². The molecule has 6 fully saturated rings. The van der Waals surface area contributed by atoms with Crippen molar-refractivity contribution in [3.8, 4) is 0 Å². The van der Waals surface area contributed by atoms with Gasteiger partial charge in [-0.1, -0.05) is 0 Å². The molecule has 0 aromatic rings. The van der Waals surface area contributed by atoms with Crippen LogP contribution in [0.4, 0.5) is 0 Å². The average molecular weight is 316 g/mol. The van der Waals surface area contributed by atoms with Crippen molar-refractivity contribution in [1.29, 1.82) is 0 Å². The summed E-state index contributed by atoms with van der Waals surface area (Å²) >= 11 is 0. The number of epoxide rings is 1. The monoisotopic (exact) mass is 316 g/mol. The zero-order valence-corrected chi connectivity index (χ0v) is 13.3.